The summed E-state index contributed by atoms with van der Waals surface area (Å²) in [5, 5.41) is 0. The van der Waals surface area contributed by atoms with Crippen LogP contribution in [-0.2, 0) is 6.54 Å². The number of rotatable bonds is 4. The predicted molar refractivity (Wildman–Crippen MR) is 107 cm³/mol. The topological polar surface area (TPSA) is 63.9 Å². The Balaban J connectivity index is 1.70. The van der Waals surface area contributed by atoms with Crippen molar-refractivity contribution in [1.29, 1.82) is 0 Å². The second-order valence-corrected chi connectivity index (χ2v) is 6.53. The summed E-state index contributed by atoms with van der Waals surface area (Å²) < 4.78 is 1.65. The Morgan fingerprint density at radius 1 is 0.926 bits per heavy atom. The number of hydrogen-bond acceptors (Lipinski definition) is 5. The van der Waals surface area contributed by atoms with E-state index >= 15 is 0 Å². The number of aromatic nitrogens is 4. The van der Waals surface area contributed by atoms with Gasteiger partial charge in [-0.25, -0.2) is 15.0 Å². The second-order valence-electron chi connectivity index (χ2n) is 6.53. The van der Waals surface area contributed by atoms with Crippen LogP contribution in [0, 0.1) is 0 Å². The monoisotopic (exact) mass is 357 g/mol. The highest BCUT2D eigenvalue weighted by Gasteiger charge is 2.07. The zero-order valence-electron chi connectivity index (χ0n) is 15.2. The first kappa shape index (κ1) is 16.9. The summed E-state index contributed by atoms with van der Waals surface area (Å²) >= 11 is 0. The quantitative estimate of drug-likeness (QED) is 0.562. The number of anilines is 1. The number of hydrogen-bond donors (Lipinski definition) is 0. The minimum absolute atomic E-state index is 0.163. The van der Waals surface area contributed by atoms with Crippen molar-refractivity contribution in [2.75, 3.05) is 19.0 Å². The van der Waals surface area contributed by atoms with Crippen molar-refractivity contribution < 1.29 is 0 Å². The first-order chi connectivity index (χ1) is 13.1. The smallest absolute Gasteiger partial charge is 0.270 e. The maximum atomic E-state index is 12.3. The summed E-state index contributed by atoms with van der Waals surface area (Å²) in [6.45, 7) is 0.436. The lowest BCUT2D eigenvalue weighted by atomic mass is 10.0. The molecule has 3 heterocycles. The van der Waals surface area contributed by atoms with E-state index in [0.717, 1.165) is 22.5 Å². The van der Waals surface area contributed by atoms with E-state index in [0.29, 0.717) is 17.7 Å². The van der Waals surface area contributed by atoms with E-state index in [1.807, 2.05) is 61.6 Å². The molecular formula is C21H19N5O. The predicted octanol–water partition coefficient (Wildman–Crippen LogP) is 2.97. The Morgan fingerprint density at radius 2 is 1.81 bits per heavy atom. The van der Waals surface area contributed by atoms with Gasteiger partial charge in [0.05, 0.1) is 12.7 Å². The average Bonchev–Trinajstić information content (AvgIpc) is 2.70. The van der Waals surface area contributed by atoms with Gasteiger partial charge in [0.2, 0.25) is 0 Å². The van der Waals surface area contributed by atoms with Crippen LogP contribution in [0.5, 0.6) is 0 Å². The van der Waals surface area contributed by atoms with Crippen LogP contribution in [-0.4, -0.2) is 33.6 Å². The first-order valence-electron chi connectivity index (χ1n) is 8.65. The van der Waals surface area contributed by atoms with Crippen LogP contribution in [0.15, 0.2) is 71.9 Å². The molecule has 0 saturated heterocycles. The lowest BCUT2D eigenvalue weighted by molar-refractivity contribution is 0.775. The molecule has 4 aromatic rings. The summed E-state index contributed by atoms with van der Waals surface area (Å²) in [5.41, 5.74) is 4.24. The van der Waals surface area contributed by atoms with Gasteiger partial charge in [-0.2, -0.15) is 0 Å². The van der Waals surface area contributed by atoms with Crippen molar-refractivity contribution >= 4 is 17.0 Å². The summed E-state index contributed by atoms with van der Waals surface area (Å²) in [6, 6.07) is 15.8. The van der Waals surface area contributed by atoms with Crippen LogP contribution in [0.3, 0.4) is 0 Å². The van der Waals surface area contributed by atoms with E-state index in [4.69, 9.17) is 0 Å². The standard InChI is InChI=1S/C21H19N5O/c1-25(2)19-9-8-17(12-24-19)16-6-3-5-15(11-16)14-26-20(27)13-23-18-7-4-10-22-21(18)26/h3-13H,14H2,1-2H3. The Morgan fingerprint density at radius 3 is 2.59 bits per heavy atom. The summed E-state index contributed by atoms with van der Waals surface area (Å²) in [7, 11) is 3.93. The first-order valence-corrected chi connectivity index (χ1v) is 8.65. The van der Waals surface area contributed by atoms with Gasteiger partial charge in [0.25, 0.3) is 5.56 Å². The molecule has 0 radical (unpaired) electrons. The lowest BCUT2D eigenvalue weighted by Gasteiger charge is -2.12. The Hall–Kier alpha value is -3.54. The minimum atomic E-state index is -0.163. The molecule has 27 heavy (non-hydrogen) atoms. The van der Waals surface area contributed by atoms with Gasteiger partial charge in [-0.1, -0.05) is 18.2 Å². The Labute approximate surface area is 156 Å². The molecule has 0 fully saturated rings. The molecule has 0 amide bonds. The molecule has 0 bridgehead atoms. The van der Waals surface area contributed by atoms with Crippen LogP contribution in [0.1, 0.15) is 5.56 Å². The largest absolute Gasteiger partial charge is 0.363 e. The van der Waals surface area contributed by atoms with Crippen molar-refractivity contribution in [3.8, 4) is 11.1 Å². The van der Waals surface area contributed by atoms with Crippen LogP contribution in [0.2, 0.25) is 0 Å². The summed E-state index contributed by atoms with van der Waals surface area (Å²) in [4.78, 5) is 27.3. The van der Waals surface area contributed by atoms with Crippen LogP contribution in [0.4, 0.5) is 5.82 Å². The van der Waals surface area contributed by atoms with Crippen LogP contribution >= 0.6 is 0 Å². The highest BCUT2D eigenvalue weighted by molar-refractivity contribution is 5.69. The van der Waals surface area contributed by atoms with Crippen LogP contribution < -0.4 is 10.5 Å². The van der Waals surface area contributed by atoms with Crippen molar-refractivity contribution in [3.63, 3.8) is 0 Å². The van der Waals surface area contributed by atoms with Gasteiger partial charge in [0.15, 0.2) is 5.65 Å². The fraction of sp³-hybridized carbons (Fsp3) is 0.143. The highest BCUT2D eigenvalue weighted by atomic mass is 16.1. The van der Waals surface area contributed by atoms with Crippen molar-refractivity contribution in [3.05, 3.63) is 83.0 Å². The van der Waals surface area contributed by atoms with Gasteiger partial charge in [0.1, 0.15) is 11.3 Å². The minimum Gasteiger partial charge on any atom is -0.363 e. The average molecular weight is 357 g/mol. The number of fused-ring (bicyclic) bond motifs is 1. The molecule has 1 aromatic carbocycles. The molecule has 0 aliphatic heterocycles. The van der Waals surface area contributed by atoms with Gasteiger partial charge in [-0.3, -0.25) is 9.36 Å². The highest BCUT2D eigenvalue weighted by Crippen LogP contribution is 2.22. The fourth-order valence-corrected chi connectivity index (χ4v) is 3.00. The third kappa shape index (κ3) is 3.42. The SMILES string of the molecule is CN(C)c1ccc(-c2cccc(Cn3c(=O)cnc4cccnc43)c2)cn1. The molecule has 3 aromatic heterocycles. The summed E-state index contributed by atoms with van der Waals surface area (Å²) in [6.07, 6.45) is 4.89. The zero-order chi connectivity index (χ0) is 18.8. The lowest BCUT2D eigenvalue weighted by Crippen LogP contribution is -2.21. The third-order valence-corrected chi connectivity index (χ3v) is 4.41. The summed E-state index contributed by atoms with van der Waals surface area (Å²) in [5.74, 6) is 0.913. The van der Waals surface area contributed by atoms with Gasteiger partial charge < -0.3 is 4.90 Å². The van der Waals surface area contributed by atoms with Crippen LogP contribution in [0.25, 0.3) is 22.3 Å². The molecule has 6 heteroatoms. The second kappa shape index (κ2) is 6.99. The maximum Gasteiger partial charge on any atom is 0.270 e. The van der Waals surface area contributed by atoms with E-state index in [2.05, 4.69) is 27.1 Å². The van der Waals surface area contributed by atoms with Crippen molar-refractivity contribution in [2.24, 2.45) is 0 Å². The van der Waals surface area contributed by atoms with Gasteiger partial charge in [-0.05, 0) is 41.5 Å². The molecule has 4 rings (SSSR count). The van der Waals surface area contributed by atoms with E-state index in [9.17, 15) is 4.79 Å². The number of nitrogens with zero attached hydrogens (tertiary/aromatic N) is 5. The molecule has 134 valence electrons. The molecule has 6 nitrogen and oxygen atoms in total. The zero-order valence-corrected chi connectivity index (χ0v) is 15.2. The molecule has 0 unspecified atom stereocenters. The van der Waals surface area contributed by atoms with E-state index in [-0.39, 0.29) is 5.56 Å². The normalized spacial score (nSPS) is 10.9. The third-order valence-electron chi connectivity index (χ3n) is 4.41. The molecule has 0 atom stereocenters. The van der Waals surface area contributed by atoms with E-state index < -0.39 is 0 Å². The van der Waals surface area contributed by atoms with Crippen molar-refractivity contribution in [1.82, 2.24) is 19.5 Å². The number of pyridine rings is 2. The maximum absolute atomic E-state index is 12.3. The molecular weight excluding hydrogens is 338 g/mol. The molecule has 0 aliphatic carbocycles. The number of benzene rings is 1. The Kier molecular flexibility index (Phi) is 4.38. The molecule has 0 saturated carbocycles. The van der Waals surface area contributed by atoms with E-state index in [1.165, 1.54) is 6.20 Å². The van der Waals surface area contributed by atoms with Crippen molar-refractivity contribution in [2.45, 2.75) is 6.54 Å². The fourth-order valence-electron chi connectivity index (χ4n) is 3.00. The van der Waals surface area contributed by atoms with Gasteiger partial charge >= 0.3 is 0 Å². The Bertz CT molecular complexity index is 1150. The molecule has 0 aliphatic rings. The van der Waals surface area contributed by atoms with E-state index in [1.54, 1.807) is 10.8 Å². The van der Waals surface area contributed by atoms with Gasteiger partial charge in [0, 0.05) is 32.1 Å². The van der Waals surface area contributed by atoms with Gasteiger partial charge in [-0.15, -0.1) is 0 Å². The molecule has 0 N–H and O–H groups in total. The molecule has 0 spiro atoms.